The zero-order valence-electron chi connectivity index (χ0n) is 8.32. The highest BCUT2D eigenvalue weighted by molar-refractivity contribution is 6.06. The molecular formula is C12H10O3. The highest BCUT2D eigenvalue weighted by atomic mass is 16.5. The maximum Gasteiger partial charge on any atom is 0.313 e. The molecule has 0 radical (unpaired) electrons. The zero-order chi connectivity index (χ0) is 11.3. The molecule has 1 rings (SSSR count). The van der Waals surface area contributed by atoms with E-state index in [-0.39, 0.29) is 12.2 Å². The number of benzene rings is 1. The molecule has 0 unspecified atom stereocenters. The van der Waals surface area contributed by atoms with Crippen molar-refractivity contribution >= 4 is 11.8 Å². The number of Topliss-reactive ketones (excluding diaryl/α,β-unsaturated/α-hetero) is 1. The van der Waals surface area contributed by atoms with Crippen LogP contribution in [-0.4, -0.2) is 18.9 Å². The highest BCUT2D eigenvalue weighted by Gasteiger charge is 2.11. The van der Waals surface area contributed by atoms with Gasteiger partial charge in [-0.25, -0.2) is 0 Å². The number of carbonyl (C=O) groups is 2. The lowest BCUT2D eigenvalue weighted by Crippen LogP contribution is -2.09. The van der Waals surface area contributed by atoms with Crippen molar-refractivity contribution in [2.75, 3.05) is 7.11 Å². The largest absolute Gasteiger partial charge is 0.469 e. The molecule has 0 amide bonds. The van der Waals surface area contributed by atoms with Gasteiger partial charge in [0, 0.05) is 11.1 Å². The Morgan fingerprint density at radius 3 is 2.80 bits per heavy atom. The molecule has 0 aromatic heterocycles. The fraction of sp³-hybridized carbons (Fsp3) is 0.167. The molecule has 0 bridgehead atoms. The lowest BCUT2D eigenvalue weighted by atomic mass is 10.1. The van der Waals surface area contributed by atoms with Crippen molar-refractivity contribution in [1.82, 2.24) is 0 Å². The van der Waals surface area contributed by atoms with E-state index in [1.54, 1.807) is 24.3 Å². The second-order valence-electron chi connectivity index (χ2n) is 2.90. The molecule has 0 heterocycles. The molecule has 76 valence electrons. The van der Waals surface area contributed by atoms with Crippen molar-refractivity contribution in [2.45, 2.75) is 6.42 Å². The Labute approximate surface area is 88.1 Å². The van der Waals surface area contributed by atoms with Gasteiger partial charge in [0.25, 0.3) is 0 Å². The molecule has 15 heavy (non-hydrogen) atoms. The van der Waals surface area contributed by atoms with Crippen molar-refractivity contribution in [2.24, 2.45) is 0 Å². The summed E-state index contributed by atoms with van der Waals surface area (Å²) in [5, 5.41) is 0. The van der Waals surface area contributed by atoms with Crippen LogP contribution >= 0.6 is 0 Å². The van der Waals surface area contributed by atoms with Gasteiger partial charge >= 0.3 is 5.97 Å². The predicted octanol–water partition coefficient (Wildman–Crippen LogP) is 1.41. The Balaban J connectivity index is 2.83. The SMILES string of the molecule is C#Cc1cccc(C(=O)CC(=O)OC)c1. The molecule has 0 saturated heterocycles. The Morgan fingerprint density at radius 2 is 2.20 bits per heavy atom. The number of hydrogen-bond acceptors (Lipinski definition) is 3. The third kappa shape index (κ3) is 2.96. The summed E-state index contributed by atoms with van der Waals surface area (Å²) in [7, 11) is 1.24. The van der Waals surface area contributed by atoms with Crippen LogP contribution < -0.4 is 0 Å². The van der Waals surface area contributed by atoms with E-state index in [1.807, 2.05) is 0 Å². The van der Waals surface area contributed by atoms with Gasteiger partial charge in [-0.2, -0.15) is 0 Å². The predicted molar refractivity (Wildman–Crippen MR) is 55.3 cm³/mol. The summed E-state index contributed by atoms with van der Waals surface area (Å²) in [6.07, 6.45) is 4.93. The average molecular weight is 202 g/mol. The number of hydrogen-bond donors (Lipinski definition) is 0. The number of ketones is 1. The van der Waals surface area contributed by atoms with Crippen LogP contribution in [-0.2, 0) is 9.53 Å². The molecular weight excluding hydrogens is 192 g/mol. The van der Waals surface area contributed by atoms with E-state index in [4.69, 9.17) is 6.42 Å². The second-order valence-corrected chi connectivity index (χ2v) is 2.90. The number of esters is 1. The van der Waals surface area contributed by atoms with Crippen LogP contribution in [0, 0.1) is 12.3 Å². The minimum Gasteiger partial charge on any atom is -0.469 e. The second kappa shape index (κ2) is 4.97. The number of carbonyl (C=O) groups excluding carboxylic acids is 2. The van der Waals surface area contributed by atoms with Gasteiger partial charge in [-0.3, -0.25) is 9.59 Å². The van der Waals surface area contributed by atoms with Crippen molar-refractivity contribution < 1.29 is 14.3 Å². The summed E-state index contributed by atoms with van der Waals surface area (Å²) in [4.78, 5) is 22.4. The lowest BCUT2D eigenvalue weighted by Gasteiger charge is -2.00. The molecule has 3 heteroatoms. The Kier molecular flexibility index (Phi) is 3.64. The topological polar surface area (TPSA) is 43.4 Å². The van der Waals surface area contributed by atoms with E-state index in [1.165, 1.54) is 7.11 Å². The van der Waals surface area contributed by atoms with Gasteiger partial charge in [-0.05, 0) is 12.1 Å². The molecule has 0 aliphatic carbocycles. The third-order valence-corrected chi connectivity index (χ3v) is 1.88. The molecule has 0 aliphatic heterocycles. The quantitative estimate of drug-likeness (QED) is 0.322. The first-order chi connectivity index (χ1) is 7.17. The van der Waals surface area contributed by atoms with Crippen LogP contribution in [0.25, 0.3) is 0 Å². The van der Waals surface area contributed by atoms with Gasteiger partial charge < -0.3 is 4.74 Å². The first-order valence-corrected chi connectivity index (χ1v) is 4.34. The van der Waals surface area contributed by atoms with Crippen molar-refractivity contribution in [3.8, 4) is 12.3 Å². The van der Waals surface area contributed by atoms with Gasteiger partial charge in [0.1, 0.15) is 6.42 Å². The van der Waals surface area contributed by atoms with Crippen molar-refractivity contribution in [3.05, 3.63) is 35.4 Å². The third-order valence-electron chi connectivity index (χ3n) is 1.88. The maximum absolute atomic E-state index is 11.5. The molecule has 1 aromatic rings. The number of terminal acetylenes is 1. The Bertz CT molecular complexity index is 427. The summed E-state index contributed by atoms with van der Waals surface area (Å²) < 4.78 is 4.40. The minimum absolute atomic E-state index is 0.259. The number of methoxy groups -OCH3 is 1. The molecule has 3 nitrogen and oxygen atoms in total. The van der Waals surface area contributed by atoms with E-state index < -0.39 is 5.97 Å². The van der Waals surface area contributed by atoms with Crippen LogP contribution in [0.4, 0.5) is 0 Å². The molecule has 0 saturated carbocycles. The summed E-state index contributed by atoms with van der Waals surface area (Å²) in [6.45, 7) is 0. The van der Waals surface area contributed by atoms with Crippen LogP contribution in [0.2, 0.25) is 0 Å². The molecule has 0 N–H and O–H groups in total. The van der Waals surface area contributed by atoms with Crippen LogP contribution in [0.5, 0.6) is 0 Å². The van der Waals surface area contributed by atoms with Crippen LogP contribution in [0.15, 0.2) is 24.3 Å². The zero-order valence-corrected chi connectivity index (χ0v) is 8.32. The van der Waals surface area contributed by atoms with E-state index in [0.717, 1.165) is 0 Å². The Morgan fingerprint density at radius 1 is 1.47 bits per heavy atom. The molecule has 0 atom stereocenters. The standard InChI is InChI=1S/C12H10O3/c1-3-9-5-4-6-10(7-9)11(13)8-12(14)15-2/h1,4-7H,8H2,2H3. The molecule has 1 aromatic carbocycles. The van der Waals surface area contributed by atoms with Crippen LogP contribution in [0.3, 0.4) is 0 Å². The van der Waals surface area contributed by atoms with Crippen molar-refractivity contribution in [3.63, 3.8) is 0 Å². The summed E-state index contributed by atoms with van der Waals surface area (Å²) in [5.41, 5.74) is 1.04. The normalized spacial score (nSPS) is 9.07. The summed E-state index contributed by atoms with van der Waals surface area (Å²) in [5.74, 6) is 1.58. The van der Waals surface area contributed by atoms with E-state index in [2.05, 4.69) is 10.7 Å². The number of ether oxygens (including phenoxy) is 1. The Hall–Kier alpha value is -2.08. The van der Waals surface area contributed by atoms with Crippen LogP contribution in [0.1, 0.15) is 22.3 Å². The van der Waals surface area contributed by atoms with E-state index >= 15 is 0 Å². The smallest absolute Gasteiger partial charge is 0.313 e. The summed E-state index contributed by atoms with van der Waals surface area (Å²) in [6, 6.07) is 6.59. The fourth-order valence-electron chi connectivity index (χ4n) is 1.09. The minimum atomic E-state index is -0.550. The number of rotatable bonds is 3. The van der Waals surface area contributed by atoms with E-state index in [0.29, 0.717) is 11.1 Å². The first kappa shape index (κ1) is 11.0. The molecule has 0 fully saturated rings. The van der Waals surface area contributed by atoms with Gasteiger partial charge in [0.15, 0.2) is 5.78 Å². The van der Waals surface area contributed by atoms with E-state index in [9.17, 15) is 9.59 Å². The van der Waals surface area contributed by atoms with Gasteiger partial charge in [-0.15, -0.1) is 6.42 Å². The average Bonchev–Trinajstić information content (AvgIpc) is 2.28. The fourth-order valence-corrected chi connectivity index (χ4v) is 1.09. The summed E-state index contributed by atoms with van der Waals surface area (Å²) >= 11 is 0. The first-order valence-electron chi connectivity index (χ1n) is 4.34. The highest BCUT2D eigenvalue weighted by Crippen LogP contribution is 2.07. The molecule has 0 spiro atoms. The van der Waals surface area contributed by atoms with Gasteiger partial charge in [-0.1, -0.05) is 18.1 Å². The van der Waals surface area contributed by atoms with Gasteiger partial charge in [0.2, 0.25) is 0 Å². The van der Waals surface area contributed by atoms with Crippen molar-refractivity contribution in [1.29, 1.82) is 0 Å². The molecule has 0 aliphatic rings. The van der Waals surface area contributed by atoms with Gasteiger partial charge in [0.05, 0.1) is 7.11 Å². The lowest BCUT2D eigenvalue weighted by molar-refractivity contribution is -0.139. The maximum atomic E-state index is 11.5. The monoisotopic (exact) mass is 202 g/mol.